The number of halogens is 3. The van der Waals surface area contributed by atoms with Crippen molar-refractivity contribution in [3.63, 3.8) is 0 Å². The summed E-state index contributed by atoms with van der Waals surface area (Å²) in [5, 5.41) is 6.30. The summed E-state index contributed by atoms with van der Waals surface area (Å²) in [6.45, 7) is 3.51. The van der Waals surface area contributed by atoms with Crippen molar-refractivity contribution in [3.05, 3.63) is 76.6 Å². The van der Waals surface area contributed by atoms with Crippen LogP contribution in [0.25, 0.3) is 5.69 Å². The highest BCUT2D eigenvalue weighted by Crippen LogP contribution is 2.35. The third-order valence-corrected chi connectivity index (χ3v) is 5.64. The number of benzene rings is 2. The summed E-state index contributed by atoms with van der Waals surface area (Å²) < 4.78 is 52.3. The maximum Gasteiger partial charge on any atom is 0.418 e. The Kier molecular flexibility index (Phi) is 8.59. The third kappa shape index (κ3) is 6.49. The van der Waals surface area contributed by atoms with E-state index in [9.17, 15) is 22.8 Å². The van der Waals surface area contributed by atoms with Crippen LogP contribution in [-0.2, 0) is 22.2 Å². The Morgan fingerprint density at radius 3 is 2.38 bits per heavy atom. The molecule has 0 radical (unpaired) electrons. The fourth-order valence-electron chi connectivity index (χ4n) is 3.85. The highest BCUT2D eigenvalue weighted by molar-refractivity contribution is 6.35. The van der Waals surface area contributed by atoms with Crippen LogP contribution < -0.4 is 20.2 Å². The summed E-state index contributed by atoms with van der Waals surface area (Å²) in [6, 6.07) is 12.3. The molecule has 0 atom stereocenters. The van der Waals surface area contributed by atoms with Crippen LogP contribution >= 0.6 is 0 Å². The molecule has 2 aromatic carbocycles. The Labute approximate surface area is 212 Å². The minimum absolute atomic E-state index is 0.0115. The summed E-state index contributed by atoms with van der Waals surface area (Å²) in [4.78, 5) is 24.2. The van der Waals surface area contributed by atoms with Crippen LogP contribution in [0.5, 0.6) is 11.5 Å². The SMILES string of the molecule is COc1ccc(CCNC(=O)C(=O)N/N=C\c2cc(C)n(-c3ccccc3C(F)(F)F)c2C)cc1OC. The van der Waals surface area contributed by atoms with Gasteiger partial charge in [-0.25, -0.2) is 5.43 Å². The van der Waals surface area contributed by atoms with E-state index in [0.29, 0.717) is 34.9 Å². The number of rotatable bonds is 8. The maximum absolute atomic E-state index is 13.5. The summed E-state index contributed by atoms with van der Waals surface area (Å²) in [5.74, 6) is -0.709. The second-order valence-electron chi connectivity index (χ2n) is 8.07. The number of carbonyl (C=O) groups excluding carboxylic acids is 2. The molecule has 0 spiro atoms. The molecule has 1 aromatic heterocycles. The molecule has 0 unspecified atom stereocenters. The van der Waals surface area contributed by atoms with Gasteiger partial charge in [-0.15, -0.1) is 0 Å². The summed E-state index contributed by atoms with van der Waals surface area (Å²) in [5.41, 5.74) is 3.77. The number of alkyl halides is 3. The van der Waals surface area contributed by atoms with Gasteiger partial charge in [0.05, 0.1) is 31.7 Å². The summed E-state index contributed by atoms with van der Waals surface area (Å²) in [6.07, 6.45) is -2.79. The molecule has 8 nitrogen and oxygen atoms in total. The number of amides is 2. The molecule has 0 saturated carbocycles. The Balaban J connectivity index is 1.60. The van der Waals surface area contributed by atoms with Gasteiger partial charge in [0.2, 0.25) is 0 Å². The third-order valence-electron chi connectivity index (χ3n) is 5.64. The van der Waals surface area contributed by atoms with Crippen LogP contribution in [0.2, 0.25) is 0 Å². The molecule has 37 heavy (non-hydrogen) atoms. The average molecular weight is 517 g/mol. The molecule has 2 N–H and O–H groups in total. The van der Waals surface area contributed by atoms with Crippen LogP contribution in [0.1, 0.15) is 28.1 Å². The van der Waals surface area contributed by atoms with E-state index >= 15 is 0 Å². The Morgan fingerprint density at radius 1 is 1.00 bits per heavy atom. The molecule has 3 rings (SSSR count). The second kappa shape index (κ2) is 11.6. The van der Waals surface area contributed by atoms with Crippen LogP contribution in [0.3, 0.4) is 0 Å². The highest BCUT2D eigenvalue weighted by atomic mass is 19.4. The van der Waals surface area contributed by atoms with E-state index < -0.39 is 23.6 Å². The van der Waals surface area contributed by atoms with Crippen molar-refractivity contribution in [3.8, 4) is 17.2 Å². The normalized spacial score (nSPS) is 11.4. The number of methoxy groups -OCH3 is 2. The molecule has 11 heteroatoms. The monoisotopic (exact) mass is 516 g/mol. The highest BCUT2D eigenvalue weighted by Gasteiger charge is 2.34. The fraction of sp³-hybridized carbons (Fsp3) is 0.269. The van der Waals surface area contributed by atoms with E-state index in [-0.39, 0.29) is 12.2 Å². The molecule has 0 fully saturated rings. The predicted molar refractivity (Wildman–Crippen MR) is 132 cm³/mol. The van der Waals surface area contributed by atoms with Crippen molar-refractivity contribution in [1.29, 1.82) is 0 Å². The van der Waals surface area contributed by atoms with Crippen LogP contribution in [-0.4, -0.2) is 43.4 Å². The minimum Gasteiger partial charge on any atom is -0.493 e. The molecule has 0 aliphatic carbocycles. The lowest BCUT2D eigenvalue weighted by Crippen LogP contribution is -2.38. The number of hydrogen-bond donors (Lipinski definition) is 2. The summed E-state index contributed by atoms with van der Waals surface area (Å²) >= 11 is 0. The molecule has 1 heterocycles. The average Bonchev–Trinajstić information content (AvgIpc) is 3.15. The van der Waals surface area contributed by atoms with Gasteiger partial charge in [0, 0.05) is 23.5 Å². The maximum atomic E-state index is 13.5. The zero-order chi connectivity index (χ0) is 27.2. The van der Waals surface area contributed by atoms with Gasteiger partial charge in [0.1, 0.15) is 0 Å². The van der Waals surface area contributed by atoms with Crippen molar-refractivity contribution < 1.29 is 32.2 Å². The standard InChI is InChI=1S/C26H27F3N4O4/c1-16-13-19(17(2)33(16)21-8-6-5-7-20(21)26(27,28)29)15-31-32-25(35)24(34)30-12-11-18-9-10-22(36-3)23(14-18)37-4/h5-10,13-15H,11-12H2,1-4H3,(H,30,34)(H,32,35)/b31-15-. The molecular formula is C26H27F3N4O4. The number of para-hydroxylation sites is 1. The van der Waals surface area contributed by atoms with E-state index in [0.717, 1.165) is 11.6 Å². The Bertz CT molecular complexity index is 1320. The number of nitrogens with one attached hydrogen (secondary N) is 2. The van der Waals surface area contributed by atoms with E-state index in [4.69, 9.17) is 9.47 Å². The van der Waals surface area contributed by atoms with Gasteiger partial charge in [-0.3, -0.25) is 9.59 Å². The van der Waals surface area contributed by atoms with Crippen LogP contribution in [0.15, 0.2) is 53.6 Å². The van der Waals surface area contributed by atoms with Crippen molar-refractivity contribution in [2.75, 3.05) is 20.8 Å². The minimum atomic E-state index is -4.52. The van der Waals surface area contributed by atoms with E-state index in [1.165, 1.54) is 43.2 Å². The first-order chi connectivity index (χ1) is 17.6. The van der Waals surface area contributed by atoms with Gasteiger partial charge in [-0.2, -0.15) is 18.3 Å². The molecule has 3 aromatic rings. The van der Waals surface area contributed by atoms with Gasteiger partial charge >= 0.3 is 18.0 Å². The van der Waals surface area contributed by atoms with E-state index in [1.54, 1.807) is 32.0 Å². The molecule has 196 valence electrons. The smallest absolute Gasteiger partial charge is 0.418 e. The lowest BCUT2D eigenvalue weighted by Gasteiger charge is -2.16. The van der Waals surface area contributed by atoms with Crippen molar-refractivity contribution in [2.24, 2.45) is 5.10 Å². The zero-order valence-corrected chi connectivity index (χ0v) is 20.8. The van der Waals surface area contributed by atoms with Gasteiger partial charge in [-0.05, 0) is 56.2 Å². The van der Waals surface area contributed by atoms with Crippen molar-refractivity contribution in [1.82, 2.24) is 15.3 Å². The number of ether oxygens (including phenoxy) is 2. The van der Waals surface area contributed by atoms with Crippen LogP contribution in [0, 0.1) is 13.8 Å². The molecule has 0 saturated heterocycles. The number of carbonyl (C=O) groups is 2. The van der Waals surface area contributed by atoms with Gasteiger partial charge in [0.15, 0.2) is 11.5 Å². The van der Waals surface area contributed by atoms with Gasteiger partial charge in [0.25, 0.3) is 0 Å². The molecule has 0 aliphatic heterocycles. The van der Waals surface area contributed by atoms with E-state index in [1.807, 2.05) is 6.07 Å². The predicted octanol–water partition coefficient (Wildman–Crippen LogP) is 3.94. The Morgan fingerprint density at radius 2 is 1.70 bits per heavy atom. The number of hydrogen-bond acceptors (Lipinski definition) is 5. The van der Waals surface area contributed by atoms with Crippen molar-refractivity contribution >= 4 is 18.0 Å². The topological polar surface area (TPSA) is 94.0 Å². The number of nitrogens with zero attached hydrogens (tertiary/aromatic N) is 2. The molecule has 0 aliphatic rings. The number of hydrazone groups is 1. The first-order valence-corrected chi connectivity index (χ1v) is 11.2. The fourth-order valence-corrected chi connectivity index (χ4v) is 3.85. The number of aromatic nitrogens is 1. The zero-order valence-electron chi connectivity index (χ0n) is 20.8. The molecule has 2 amide bonds. The van der Waals surface area contributed by atoms with Gasteiger partial charge in [-0.1, -0.05) is 18.2 Å². The molecule has 0 bridgehead atoms. The lowest BCUT2D eigenvalue weighted by molar-refractivity contribution is -0.139. The van der Waals surface area contributed by atoms with Crippen LogP contribution in [0.4, 0.5) is 13.2 Å². The van der Waals surface area contributed by atoms with Gasteiger partial charge < -0.3 is 19.4 Å². The first kappa shape index (κ1) is 27.3. The van der Waals surface area contributed by atoms with E-state index in [2.05, 4.69) is 15.8 Å². The lowest BCUT2D eigenvalue weighted by atomic mass is 10.1. The molecular weight excluding hydrogens is 489 g/mol. The summed E-state index contributed by atoms with van der Waals surface area (Å²) in [7, 11) is 3.05. The number of aryl methyl sites for hydroxylation is 1. The quantitative estimate of drug-likeness (QED) is 0.270. The first-order valence-electron chi connectivity index (χ1n) is 11.2. The Hall–Kier alpha value is -4.28. The van der Waals surface area contributed by atoms with Crippen molar-refractivity contribution in [2.45, 2.75) is 26.4 Å². The second-order valence-corrected chi connectivity index (χ2v) is 8.07. The largest absolute Gasteiger partial charge is 0.493 e.